The van der Waals surface area contributed by atoms with Gasteiger partial charge in [-0.25, -0.2) is 0 Å². The van der Waals surface area contributed by atoms with E-state index in [0.29, 0.717) is 12.1 Å². The van der Waals surface area contributed by atoms with Crippen molar-refractivity contribution in [1.29, 1.82) is 0 Å². The van der Waals surface area contributed by atoms with E-state index >= 15 is 0 Å². The zero-order chi connectivity index (χ0) is 12.1. The number of morpholine rings is 1. The van der Waals surface area contributed by atoms with E-state index < -0.39 is 0 Å². The van der Waals surface area contributed by atoms with Gasteiger partial charge in [0.2, 0.25) is 0 Å². The first-order valence-corrected chi connectivity index (χ1v) is 7.04. The molecule has 100 valence electrons. The number of nitrogens with one attached hydrogen (secondary N) is 1. The van der Waals surface area contributed by atoms with Crippen LogP contribution in [0.25, 0.3) is 0 Å². The summed E-state index contributed by atoms with van der Waals surface area (Å²) in [5, 5.41) is 3.57. The molecule has 0 radical (unpaired) electrons. The Hall–Kier alpha value is -0.160. The molecule has 0 aliphatic carbocycles. The van der Waals surface area contributed by atoms with Gasteiger partial charge in [0.1, 0.15) is 0 Å². The van der Waals surface area contributed by atoms with Crippen LogP contribution in [-0.2, 0) is 4.74 Å². The minimum Gasteiger partial charge on any atom is -0.374 e. The van der Waals surface area contributed by atoms with E-state index in [-0.39, 0.29) is 0 Å². The summed E-state index contributed by atoms with van der Waals surface area (Å²) in [7, 11) is 2.18. The average molecular weight is 241 g/mol. The minimum atomic E-state index is 0.398. The molecule has 2 aliphatic heterocycles. The van der Waals surface area contributed by atoms with Gasteiger partial charge < -0.3 is 15.0 Å². The molecule has 0 spiro atoms. The Morgan fingerprint density at radius 2 is 2.29 bits per heavy atom. The number of hydrogen-bond acceptors (Lipinski definition) is 4. The van der Waals surface area contributed by atoms with Crippen molar-refractivity contribution in [2.75, 3.05) is 52.9 Å². The molecule has 0 saturated carbocycles. The standard InChI is InChI=1S/C13H27N3O/c1-3-16(9-12-5-4-6-14-12)11-13-10-15(2)7-8-17-13/h12-14H,3-11H2,1-2H3. The van der Waals surface area contributed by atoms with Gasteiger partial charge in [-0.05, 0) is 33.0 Å². The minimum absolute atomic E-state index is 0.398. The average Bonchev–Trinajstić information content (AvgIpc) is 2.81. The lowest BCUT2D eigenvalue weighted by atomic mass is 10.2. The predicted molar refractivity (Wildman–Crippen MR) is 70.4 cm³/mol. The molecule has 1 N–H and O–H groups in total. The fraction of sp³-hybridized carbons (Fsp3) is 1.00. The first kappa shape index (κ1) is 13.3. The number of likely N-dealkylation sites (N-methyl/N-ethyl adjacent to an activating group) is 2. The second-order valence-corrected chi connectivity index (χ2v) is 5.40. The van der Waals surface area contributed by atoms with E-state index in [0.717, 1.165) is 32.8 Å². The largest absolute Gasteiger partial charge is 0.374 e. The van der Waals surface area contributed by atoms with Gasteiger partial charge in [0, 0.05) is 32.2 Å². The Bertz CT molecular complexity index is 219. The van der Waals surface area contributed by atoms with Gasteiger partial charge in [-0.15, -0.1) is 0 Å². The summed E-state index contributed by atoms with van der Waals surface area (Å²) in [4.78, 5) is 4.91. The third-order valence-electron chi connectivity index (χ3n) is 3.89. The Morgan fingerprint density at radius 3 is 2.94 bits per heavy atom. The normalized spacial score (nSPS) is 31.2. The number of hydrogen-bond donors (Lipinski definition) is 1. The molecule has 4 heteroatoms. The molecule has 0 aromatic carbocycles. The fourth-order valence-electron chi connectivity index (χ4n) is 2.82. The molecule has 17 heavy (non-hydrogen) atoms. The number of rotatable bonds is 5. The molecule has 0 bridgehead atoms. The van der Waals surface area contributed by atoms with Crippen LogP contribution in [0.5, 0.6) is 0 Å². The summed E-state index contributed by atoms with van der Waals surface area (Å²) >= 11 is 0. The second-order valence-electron chi connectivity index (χ2n) is 5.40. The summed E-state index contributed by atoms with van der Waals surface area (Å²) in [6.45, 7) is 9.88. The van der Waals surface area contributed by atoms with Crippen LogP contribution >= 0.6 is 0 Å². The van der Waals surface area contributed by atoms with E-state index in [1.165, 1.54) is 25.9 Å². The molecule has 0 aromatic heterocycles. The highest BCUT2D eigenvalue weighted by Gasteiger charge is 2.22. The first-order chi connectivity index (χ1) is 8.28. The Balaban J connectivity index is 1.73. The van der Waals surface area contributed by atoms with Crippen molar-refractivity contribution in [3.63, 3.8) is 0 Å². The summed E-state index contributed by atoms with van der Waals surface area (Å²) in [5.41, 5.74) is 0. The van der Waals surface area contributed by atoms with Crippen molar-refractivity contribution >= 4 is 0 Å². The van der Waals surface area contributed by atoms with Gasteiger partial charge in [-0.2, -0.15) is 0 Å². The van der Waals surface area contributed by atoms with E-state index in [1.54, 1.807) is 0 Å². The van der Waals surface area contributed by atoms with Crippen LogP contribution in [-0.4, -0.2) is 74.9 Å². The Morgan fingerprint density at radius 1 is 1.41 bits per heavy atom. The Labute approximate surface area is 105 Å². The van der Waals surface area contributed by atoms with Crippen LogP contribution < -0.4 is 5.32 Å². The third-order valence-corrected chi connectivity index (χ3v) is 3.89. The zero-order valence-electron chi connectivity index (χ0n) is 11.3. The molecular weight excluding hydrogens is 214 g/mol. The van der Waals surface area contributed by atoms with Crippen LogP contribution in [0.3, 0.4) is 0 Å². The maximum Gasteiger partial charge on any atom is 0.0829 e. The van der Waals surface area contributed by atoms with E-state index in [4.69, 9.17) is 4.74 Å². The third kappa shape index (κ3) is 4.21. The molecule has 0 aromatic rings. The molecule has 2 heterocycles. The highest BCUT2D eigenvalue weighted by molar-refractivity contribution is 4.80. The summed E-state index contributed by atoms with van der Waals surface area (Å²) < 4.78 is 5.84. The lowest BCUT2D eigenvalue weighted by molar-refractivity contribution is -0.0357. The highest BCUT2D eigenvalue weighted by atomic mass is 16.5. The SMILES string of the molecule is CCN(CC1CCCN1)CC1CN(C)CCO1. The van der Waals surface area contributed by atoms with Crippen molar-refractivity contribution in [2.45, 2.75) is 31.9 Å². The second kappa shape index (κ2) is 6.69. The topological polar surface area (TPSA) is 27.7 Å². The number of ether oxygens (including phenoxy) is 1. The highest BCUT2D eigenvalue weighted by Crippen LogP contribution is 2.10. The summed E-state index contributed by atoms with van der Waals surface area (Å²) in [6, 6.07) is 0.705. The van der Waals surface area contributed by atoms with E-state index in [2.05, 4.69) is 29.1 Å². The van der Waals surface area contributed by atoms with Crippen molar-refractivity contribution < 1.29 is 4.74 Å². The molecule has 2 rings (SSSR count). The molecular formula is C13H27N3O. The van der Waals surface area contributed by atoms with Crippen LogP contribution in [0.2, 0.25) is 0 Å². The van der Waals surface area contributed by atoms with Gasteiger partial charge in [-0.3, -0.25) is 4.90 Å². The van der Waals surface area contributed by atoms with Crippen LogP contribution in [0, 0.1) is 0 Å². The molecule has 2 aliphatic rings. The van der Waals surface area contributed by atoms with Gasteiger partial charge in [-0.1, -0.05) is 6.92 Å². The van der Waals surface area contributed by atoms with Gasteiger partial charge in [0.15, 0.2) is 0 Å². The monoisotopic (exact) mass is 241 g/mol. The smallest absolute Gasteiger partial charge is 0.0829 e. The van der Waals surface area contributed by atoms with E-state index in [1.807, 2.05) is 0 Å². The fourth-order valence-corrected chi connectivity index (χ4v) is 2.82. The molecule has 2 saturated heterocycles. The zero-order valence-corrected chi connectivity index (χ0v) is 11.3. The number of nitrogens with zero attached hydrogens (tertiary/aromatic N) is 2. The van der Waals surface area contributed by atoms with Crippen molar-refractivity contribution in [3.8, 4) is 0 Å². The van der Waals surface area contributed by atoms with Crippen molar-refractivity contribution in [3.05, 3.63) is 0 Å². The lowest BCUT2D eigenvalue weighted by Gasteiger charge is -2.34. The maximum absolute atomic E-state index is 5.84. The van der Waals surface area contributed by atoms with Gasteiger partial charge >= 0.3 is 0 Å². The van der Waals surface area contributed by atoms with Crippen molar-refractivity contribution in [1.82, 2.24) is 15.1 Å². The summed E-state index contributed by atoms with van der Waals surface area (Å²) in [5.74, 6) is 0. The predicted octanol–water partition coefficient (Wildman–Crippen LogP) is 0.391. The van der Waals surface area contributed by atoms with Crippen molar-refractivity contribution in [2.24, 2.45) is 0 Å². The van der Waals surface area contributed by atoms with E-state index in [9.17, 15) is 0 Å². The summed E-state index contributed by atoms with van der Waals surface area (Å²) in [6.07, 6.45) is 3.07. The molecule has 2 unspecified atom stereocenters. The van der Waals surface area contributed by atoms with Crippen LogP contribution in [0.15, 0.2) is 0 Å². The van der Waals surface area contributed by atoms with Gasteiger partial charge in [0.05, 0.1) is 12.7 Å². The molecule has 2 fully saturated rings. The maximum atomic E-state index is 5.84. The molecule has 2 atom stereocenters. The van der Waals surface area contributed by atoms with Crippen LogP contribution in [0.4, 0.5) is 0 Å². The lowest BCUT2D eigenvalue weighted by Crippen LogP contribution is -2.48. The quantitative estimate of drug-likeness (QED) is 0.754. The molecule has 4 nitrogen and oxygen atoms in total. The Kier molecular flexibility index (Phi) is 5.22. The first-order valence-electron chi connectivity index (χ1n) is 7.04. The van der Waals surface area contributed by atoms with Gasteiger partial charge in [0.25, 0.3) is 0 Å². The van der Waals surface area contributed by atoms with Crippen LogP contribution in [0.1, 0.15) is 19.8 Å². The molecule has 0 amide bonds.